The summed E-state index contributed by atoms with van der Waals surface area (Å²) in [5, 5.41) is 4.99. The second kappa shape index (κ2) is 18.3. The van der Waals surface area contributed by atoms with Crippen molar-refractivity contribution in [1.82, 2.24) is 15.2 Å². The molecule has 0 N–H and O–H groups in total. The highest BCUT2D eigenvalue weighted by Crippen LogP contribution is 2.53. The molecule has 0 aliphatic heterocycles. The third kappa shape index (κ3) is 11.4. The molecule has 0 heterocycles. The highest BCUT2D eigenvalue weighted by Gasteiger charge is 2.38. The highest BCUT2D eigenvalue weighted by molar-refractivity contribution is 7.48. The molecule has 0 aliphatic rings. The van der Waals surface area contributed by atoms with Gasteiger partial charge in [0.1, 0.15) is 0 Å². The number of nitrogens with zero attached hydrogens (tertiary/aromatic N) is 3. The standard InChI is InChI=1S/C42H42N3O4P/c46-50(47-43(31-37-19-7-1-8-20-37)32-38-21-9-2-10-22-38,48-44(33-39-23-11-3-12-24-39)34-40-25-13-4-14-26-40)49-45(35-41-27-15-5-16-28-41)36-42-29-17-6-18-30-42/h1-30H,31-36H2. The summed E-state index contributed by atoms with van der Waals surface area (Å²) in [6, 6.07) is 59.8. The van der Waals surface area contributed by atoms with Gasteiger partial charge in [-0.3, -0.25) is 0 Å². The smallest absolute Gasteiger partial charge is 0.223 e. The maximum Gasteiger partial charge on any atom is 0.525 e. The molecule has 0 aliphatic carbocycles. The van der Waals surface area contributed by atoms with E-state index in [1.54, 1.807) is 15.2 Å². The fourth-order valence-electron chi connectivity index (χ4n) is 5.53. The minimum atomic E-state index is -4.43. The zero-order valence-electron chi connectivity index (χ0n) is 28.0. The average molecular weight is 684 g/mol. The fraction of sp³-hybridized carbons (Fsp3) is 0.143. The zero-order chi connectivity index (χ0) is 34.3. The van der Waals surface area contributed by atoms with Gasteiger partial charge in [-0.2, -0.15) is 29.1 Å². The summed E-state index contributed by atoms with van der Waals surface area (Å²) in [5.74, 6) is 0. The van der Waals surface area contributed by atoms with Crippen molar-refractivity contribution in [3.63, 3.8) is 0 Å². The van der Waals surface area contributed by atoms with Gasteiger partial charge in [0, 0.05) is 0 Å². The average Bonchev–Trinajstić information content (AvgIpc) is 3.14. The fourth-order valence-corrected chi connectivity index (χ4v) is 6.82. The van der Waals surface area contributed by atoms with Gasteiger partial charge in [-0.05, 0) is 33.4 Å². The topological polar surface area (TPSA) is 54.5 Å². The van der Waals surface area contributed by atoms with E-state index in [0.29, 0.717) is 39.3 Å². The Labute approximate surface area is 295 Å². The Balaban J connectivity index is 1.36. The molecule has 0 bridgehead atoms. The lowest BCUT2D eigenvalue weighted by molar-refractivity contribution is -0.201. The lowest BCUT2D eigenvalue weighted by Gasteiger charge is -2.33. The van der Waals surface area contributed by atoms with Crippen LogP contribution in [0.25, 0.3) is 0 Å². The van der Waals surface area contributed by atoms with E-state index < -0.39 is 7.82 Å². The molecule has 0 aromatic heterocycles. The number of benzene rings is 6. The van der Waals surface area contributed by atoms with Crippen LogP contribution in [0.3, 0.4) is 0 Å². The summed E-state index contributed by atoms with van der Waals surface area (Å²) in [7, 11) is -4.43. The van der Waals surface area contributed by atoms with Gasteiger partial charge in [0.05, 0.1) is 39.3 Å². The van der Waals surface area contributed by atoms with Crippen LogP contribution in [-0.4, -0.2) is 15.2 Å². The summed E-state index contributed by atoms with van der Waals surface area (Å²) in [6.07, 6.45) is 0. The van der Waals surface area contributed by atoms with Gasteiger partial charge in [0.25, 0.3) is 0 Å². The van der Waals surface area contributed by atoms with Crippen LogP contribution < -0.4 is 0 Å². The second-order valence-electron chi connectivity index (χ2n) is 12.0. The molecule has 7 nitrogen and oxygen atoms in total. The summed E-state index contributed by atoms with van der Waals surface area (Å²) in [6.45, 7) is 2.09. The predicted molar refractivity (Wildman–Crippen MR) is 197 cm³/mol. The SMILES string of the molecule is O=P(ON(Cc1ccccc1)Cc1ccccc1)(ON(Cc1ccccc1)Cc1ccccc1)ON(Cc1ccccc1)Cc1ccccc1. The van der Waals surface area contributed by atoms with Gasteiger partial charge in [0.2, 0.25) is 0 Å². The van der Waals surface area contributed by atoms with E-state index in [0.717, 1.165) is 33.4 Å². The second-order valence-corrected chi connectivity index (χ2v) is 13.4. The monoisotopic (exact) mass is 683 g/mol. The first-order chi connectivity index (χ1) is 24.6. The Kier molecular flexibility index (Phi) is 12.9. The number of rotatable bonds is 18. The normalized spacial score (nSPS) is 11.7. The maximum absolute atomic E-state index is 15.4. The van der Waals surface area contributed by atoms with E-state index in [4.69, 9.17) is 13.9 Å². The van der Waals surface area contributed by atoms with Crippen LogP contribution in [0.2, 0.25) is 0 Å². The first-order valence-electron chi connectivity index (χ1n) is 16.8. The Hall–Kier alpha value is -4.69. The lowest BCUT2D eigenvalue weighted by atomic mass is 10.2. The minimum absolute atomic E-state index is 0.348. The number of hydrogen-bond donors (Lipinski definition) is 0. The molecular weight excluding hydrogens is 641 g/mol. The van der Waals surface area contributed by atoms with Crippen molar-refractivity contribution in [3.8, 4) is 0 Å². The largest absolute Gasteiger partial charge is 0.525 e. The Morgan fingerprint density at radius 3 is 0.620 bits per heavy atom. The van der Waals surface area contributed by atoms with Crippen molar-refractivity contribution in [2.24, 2.45) is 0 Å². The van der Waals surface area contributed by atoms with E-state index in [1.165, 1.54) is 0 Å². The molecule has 0 atom stereocenters. The number of hydroxylamine groups is 6. The van der Waals surface area contributed by atoms with Crippen LogP contribution >= 0.6 is 7.82 Å². The van der Waals surface area contributed by atoms with E-state index in [1.807, 2.05) is 182 Å². The highest BCUT2D eigenvalue weighted by atomic mass is 31.2. The zero-order valence-corrected chi connectivity index (χ0v) is 28.9. The van der Waals surface area contributed by atoms with E-state index in [2.05, 4.69) is 0 Å². The van der Waals surface area contributed by atoms with Crippen molar-refractivity contribution in [2.45, 2.75) is 39.3 Å². The molecule has 0 saturated carbocycles. The Morgan fingerprint density at radius 2 is 0.460 bits per heavy atom. The van der Waals surface area contributed by atoms with Gasteiger partial charge in [-0.15, -0.1) is 0 Å². The first-order valence-corrected chi connectivity index (χ1v) is 18.2. The van der Waals surface area contributed by atoms with Crippen molar-refractivity contribution in [2.75, 3.05) is 0 Å². The van der Waals surface area contributed by atoms with Gasteiger partial charge < -0.3 is 0 Å². The number of hydrogen-bond acceptors (Lipinski definition) is 7. The van der Waals surface area contributed by atoms with Gasteiger partial charge >= 0.3 is 7.82 Å². The molecule has 0 unspecified atom stereocenters. The Bertz CT molecular complexity index is 1520. The first kappa shape index (κ1) is 35.1. The van der Waals surface area contributed by atoms with E-state index in [-0.39, 0.29) is 0 Å². The van der Waals surface area contributed by atoms with Crippen molar-refractivity contribution >= 4 is 7.82 Å². The Morgan fingerprint density at radius 1 is 0.300 bits per heavy atom. The van der Waals surface area contributed by atoms with Gasteiger partial charge in [0.15, 0.2) is 0 Å². The molecule has 0 spiro atoms. The summed E-state index contributed by atoms with van der Waals surface area (Å²) < 4.78 is 35.0. The molecule has 50 heavy (non-hydrogen) atoms. The molecule has 6 aromatic carbocycles. The van der Waals surface area contributed by atoms with E-state index >= 15 is 4.57 Å². The molecule has 254 valence electrons. The molecule has 8 heteroatoms. The maximum atomic E-state index is 15.4. The predicted octanol–water partition coefficient (Wildman–Crippen LogP) is 10.00. The number of phosphoric acid groups is 1. The van der Waals surface area contributed by atoms with E-state index in [9.17, 15) is 0 Å². The van der Waals surface area contributed by atoms with Crippen molar-refractivity contribution in [3.05, 3.63) is 215 Å². The molecule has 0 saturated heterocycles. The summed E-state index contributed by atoms with van der Waals surface area (Å²) >= 11 is 0. The van der Waals surface area contributed by atoms with Crippen LogP contribution in [0, 0.1) is 0 Å². The molecule has 6 rings (SSSR count). The van der Waals surface area contributed by atoms with Crippen molar-refractivity contribution < 1.29 is 18.4 Å². The molecule has 6 aromatic rings. The van der Waals surface area contributed by atoms with Gasteiger partial charge in [-0.1, -0.05) is 182 Å². The minimum Gasteiger partial charge on any atom is -0.223 e. The lowest BCUT2D eigenvalue weighted by Crippen LogP contribution is -2.31. The van der Waals surface area contributed by atoms with Crippen LogP contribution in [-0.2, 0) is 57.7 Å². The molecule has 0 amide bonds. The summed E-state index contributed by atoms with van der Waals surface area (Å²) in [5.41, 5.74) is 5.95. The van der Waals surface area contributed by atoms with Crippen molar-refractivity contribution in [1.29, 1.82) is 0 Å². The van der Waals surface area contributed by atoms with Crippen LogP contribution in [0.4, 0.5) is 0 Å². The van der Waals surface area contributed by atoms with Crippen LogP contribution in [0.1, 0.15) is 33.4 Å². The molecular formula is C42H42N3O4P. The third-order valence-electron chi connectivity index (χ3n) is 7.86. The molecule has 0 fully saturated rings. The van der Waals surface area contributed by atoms with Gasteiger partial charge in [-0.25, -0.2) is 4.57 Å². The molecule has 0 radical (unpaired) electrons. The summed E-state index contributed by atoms with van der Waals surface area (Å²) in [4.78, 5) is 0. The quantitative estimate of drug-likeness (QED) is 0.0660. The van der Waals surface area contributed by atoms with Crippen LogP contribution in [0.5, 0.6) is 0 Å². The third-order valence-corrected chi connectivity index (χ3v) is 9.15. The van der Waals surface area contributed by atoms with Crippen LogP contribution in [0.15, 0.2) is 182 Å².